The van der Waals surface area contributed by atoms with Crippen molar-refractivity contribution in [2.45, 2.75) is 65.6 Å². The van der Waals surface area contributed by atoms with Crippen molar-refractivity contribution in [2.75, 3.05) is 11.9 Å². The molecule has 0 aliphatic rings. The lowest BCUT2D eigenvalue weighted by molar-refractivity contribution is -0.140. The summed E-state index contributed by atoms with van der Waals surface area (Å²) in [5.41, 5.74) is 1.26. The Morgan fingerprint density at radius 3 is 2.26 bits per heavy atom. The Balaban J connectivity index is 2.38. The lowest BCUT2D eigenvalue weighted by Gasteiger charge is -2.33. The van der Waals surface area contributed by atoms with Crippen molar-refractivity contribution >= 4 is 35.2 Å². The first-order valence-electron chi connectivity index (χ1n) is 11.4. The van der Waals surface area contributed by atoms with Gasteiger partial charge in [-0.15, -0.1) is 0 Å². The minimum absolute atomic E-state index is 0.313. The lowest BCUT2D eigenvalue weighted by Crippen LogP contribution is -2.51. The number of rotatable bonds is 8. The van der Waals surface area contributed by atoms with Gasteiger partial charge in [0.25, 0.3) is 5.91 Å². The number of nitrogens with one attached hydrogen (secondary N) is 2. The van der Waals surface area contributed by atoms with E-state index >= 15 is 0 Å². The van der Waals surface area contributed by atoms with Crippen LogP contribution < -0.4 is 10.6 Å². The molecule has 0 aromatic heterocycles. The third-order valence-corrected chi connectivity index (χ3v) is 5.31. The maximum absolute atomic E-state index is 13.6. The highest BCUT2D eigenvalue weighted by molar-refractivity contribution is 6.34. The Labute approximate surface area is 206 Å². The Morgan fingerprint density at radius 2 is 1.71 bits per heavy atom. The number of nitrogens with zero attached hydrogens (tertiary/aromatic N) is 1. The number of halogens is 1. The first-order chi connectivity index (χ1) is 15.9. The van der Waals surface area contributed by atoms with E-state index in [1.807, 2.05) is 38.1 Å². The number of alkyl carbamates (subject to hydrolysis) is 1. The molecule has 34 heavy (non-hydrogen) atoms. The highest BCUT2D eigenvalue weighted by atomic mass is 35.5. The largest absolute Gasteiger partial charge is 0.444 e. The average Bonchev–Trinajstić information content (AvgIpc) is 2.75. The molecule has 7 nitrogen and oxygen atoms in total. The molecule has 2 atom stereocenters. The molecular formula is C26H34ClN3O4. The molecule has 2 rings (SSSR count). The fourth-order valence-electron chi connectivity index (χ4n) is 3.49. The number of hydrogen-bond acceptors (Lipinski definition) is 4. The van der Waals surface area contributed by atoms with E-state index < -0.39 is 35.6 Å². The van der Waals surface area contributed by atoms with E-state index in [2.05, 4.69) is 10.6 Å². The zero-order chi connectivity index (χ0) is 25.5. The van der Waals surface area contributed by atoms with Crippen molar-refractivity contribution in [2.24, 2.45) is 0 Å². The fourth-order valence-corrected chi connectivity index (χ4v) is 3.76. The number of carbonyl (C=O) groups is 3. The predicted octanol–water partition coefficient (Wildman–Crippen LogP) is 5.48. The van der Waals surface area contributed by atoms with Gasteiger partial charge in [0, 0.05) is 6.54 Å². The molecule has 0 fully saturated rings. The zero-order valence-electron chi connectivity index (χ0n) is 20.6. The maximum atomic E-state index is 13.6. The molecule has 0 saturated carbocycles. The fraction of sp³-hybridized carbons (Fsp3) is 0.423. The Kier molecular flexibility index (Phi) is 9.50. The van der Waals surface area contributed by atoms with Gasteiger partial charge in [-0.1, -0.05) is 61.0 Å². The van der Waals surface area contributed by atoms with E-state index in [0.717, 1.165) is 5.56 Å². The van der Waals surface area contributed by atoms with E-state index in [4.69, 9.17) is 16.3 Å². The van der Waals surface area contributed by atoms with Crippen molar-refractivity contribution in [3.63, 3.8) is 0 Å². The average molecular weight is 488 g/mol. The van der Waals surface area contributed by atoms with Crippen LogP contribution in [0.4, 0.5) is 10.5 Å². The molecular weight excluding hydrogens is 454 g/mol. The van der Waals surface area contributed by atoms with Gasteiger partial charge in [-0.2, -0.15) is 0 Å². The normalized spacial score (nSPS) is 12.9. The highest BCUT2D eigenvalue weighted by Gasteiger charge is 2.34. The second-order valence-corrected chi connectivity index (χ2v) is 9.54. The van der Waals surface area contributed by atoms with Gasteiger partial charge in [-0.05, 0) is 58.2 Å². The summed E-state index contributed by atoms with van der Waals surface area (Å²) >= 11 is 6.33. The molecule has 3 amide bonds. The standard InChI is InChI=1S/C26H34ClN3O4/c1-7-16-30(24(32)18(3)28-25(33)34-26(4,5)6)22(19-13-9-8-10-14-19)23(31)29-21-17(2)12-11-15-20(21)27/h8-15,18,22H,7,16H2,1-6H3,(H,28,33)(H,29,31). The summed E-state index contributed by atoms with van der Waals surface area (Å²) in [7, 11) is 0. The van der Waals surface area contributed by atoms with Gasteiger partial charge in [0.15, 0.2) is 0 Å². The van der Waals surface area contributed by atoms with Gasteiger partial charge >= 0.3 is 6.09 Å². The van der Waals surface area contributed by atoms with Crippen LogP contribution >= 0.6 is 11.6 Å². The smallest absolute Gasteiger partial charge is 0.408 e. The number of aryl methyl sites for hydroxylation is 1. The van der Waals surface area contributed by atoms with E-state index in [1.165, 1.54) is 4.90 Å². The van der Waals surface area contributed by atoms with Crippen LogP contribution in [0.15, 0.2) is 48.5 Å². The first kappa shape index (κ1) is 27.2. The molecule has 2 aromatic rings. The molecule has 0 saturated heterocycles. The Hall–Kier alpha value is -3.06. The first-order valence-corrected chi connectivity index (χ1v) is 11.7. The van der Waals surface area contributed by atoms with Crippen LogP contribution in [0, 0.1) is 6.92 Å². The summed E-state index contributed by atoms with van der Waals surface area (Å²) in [4.78, 5) is 40.8. The predicted molar refractivity (Wildman–Crippen MR) is 135 cm³/mol. The summed E-state index contributed by atoms with van der Waals surface area (Å²) in [6.07, 6.45) is -0.0793. The van der Waals surface area contributed by atoms with E-state index in [-0.39, 0.29) is 0 Å². The number of hydrogen-bond donors (Lipinski definition) is 2. The molecule has 0 heterocycles. The number of amides is 3. The summed E-state index contributed by atoms with van der Waals surface area (Å²) in [6, 6.07) is 12.6. The molecule has 0 aliphatic carbocycles. The number of carbonyl (C=O) groups excluding carboxylic acids is 3. The minimum atomic E-state index is -0.924. The van der Waals surface area contributed by atoms with E-state index in [0.29, 0.717) is 29.2 Å². The van der Waals surface area contributed by atoms with Crippen LogP contribution in [-0.2, 0) is 14.3 Å². The quantitative estimate of drug-likeness (QED) is 0.516. The van der Waals surface area contributed by atoms with Crippen molar-refractivity contribution in [3.05, 3.63) is 64.7 Å². The molecule has 0 bridgehead atoms. The molecule has 8 heteroatoms. The van der Waals surface area contributed by atoms with Crippen LogP contribution in [0.2, 0.25) is 5.02 Å². The van der Waals surface area contributed by atoms with Gasteiger partial charge < -0.3 is 20.3 Å². The van der Waals surface area contributed by atoms with Crippen molar-refractivity contribution in [3.8, 4) is 0 Å². The summed E-state index contributed by atoms with van der Waals surface area (Å²) in [6.45, 7) is 10.9. The summed E-state index contributed by atoms with van der Waals surface area (Å²) in [5, 5.41) is 5.90. The maximum Gasteiger partial charge on any atom is 0.408 e. The number of benzene rings is 2. The Bertz CT molecular complexity index is 985. The lowest BCUT2D eigenvalue weighted by atomic mass is 10.0. The van der Waals surface area contributed by atoms with Gasteiger partial charge in [0.2, 0.25) is 5.91 Å². The van der Waals surface area contributed by atoms with Crippen LogP contribution in [0.25, 0.3) is 0 Å². The van der Waals surface area contributed by atoms with E-state index in [9.17, 15) is 14.4 Å². The second-order valence-electron chi connectivity index (χ2n) is 9.13. The van der Waals surface area contributed by atoms with Crippen molar-refractivity contribution < 1.29 is 19.1 Å². The summed E-state index contributed by atoms with van der Waals surface area (Å²) in [5.74, 6) is -0.790. The molecule has 0 radical (unpaired) electrons. The monoisotopic (exact) mass is 487 g/mol. The van der Waals surface area contributed by atoms with Crippen LogP contribution in [0.1, 0.15) is 58.2 Å². The van der Waals surface area contributed by atoms with Crippen molar-refractivity contribution in [1.82, 2.24) is 10.2 Å². The molecule has 2 aromatic carbocycles. The van der Waals surface area contributed by atoms with Gasteiger partial charge in [-0.25, -0.2) is 4.79 Å². The molecule has 184 valence electrons. The van der Waals surface area contributed by atoms with Crippen LogP contribution in [0.5, 0.6) is 0 Å². The molecule has 2 unspecified atom stereocenters. The number of anilines is 1. The third-order valence-electron chi connectivity index (χ3n) is 5.00. The molecule has 2 N–H and O–H groups in total. The molecule has 0 spiro atoms. The van der Waals surface area contributed by atoms with Crippen molar-refractivity contribution in [1.29, 1.82) is 0 Å². The van der Waals surface area contributed by atoms with Gasteiger partial charge in [-0.3, -0.25) is 9.59 Å². The van der Waals surface area contributed by atoms with Gasteiger partial charge in [0.05, 0.1) is 10.7 Å². The van der Waals surface area contributed by atoms with Gasteiger partial charge in [0.1, 0.15) is 17.7 Å². The third kappa shape index (κ3) is 7.48. The zero-order valence-corrected chi connectivity index (χ0v) is 21.4. The molecule has 0 aliphatic heterocycles. The highest BCUT2D eigenvalue weighted by Crippen LogP contribution is 2.29. The van der Waals surface area contributed by atoms with Crippen LogP contribution in [-0.4, -0.2) is 41.0 Å². The van der Waals surface area contributed by atoms with Crippen LogP contribution in [0.3, 0.4) is 0 Å². The SMILES string of the molecule is CCCN(C(=O)C(C)NC(=O)OC(C)(C)C)C(C(=O)Nc1c(C)cccc1Cl)c1ccccc1. The number of ether oxygens (including phenoxy) is 1. The number of para-hydroxylation sites is 1. The second kappa shape index (κ2) is 11.9. The minimum Gasteiger partial charge on any atom is -0.444 e. The summed E-state index contributed by atoms with van der Waals surface area (Å²) < 4.78 is 5.28. The topological polar surface area (TPSA) is 87.7 Å². The van der Waals surface area contributed by atoms with E-state index in [1.54, 1.807) is 52.0 Å². The Morgan fingerprint density at radius 1 is 1.06 bits per heavy atom.